The van der Waals surface area contributed by atoms with Crippen molar-refractivity contribution in [1.29, 1.82) is 0 Å². The molecule has 0 amide bonds. The van der Waals surface area contributed by atoms with E-state index in [1.54, 1.807) is 0 Å². The van der Waals surface area contributed by atoms with Crippen LogP contribution >= 0.6 is 11.6 Å². The van der Waals surface area contributed by atoms with Crippen LogP contribution in [0.25, 0.3) is 0 Å². The van der Waals surface area contributed by atoms with Gasteiger partial charge in [0.15, 0.2) is 0 Å². The number of piperazine rings is 1. The fraction of sp³-hybridized carbons (Fsp3) is 0.562. The zero-order valence-corrected chi connectivity index (χ0v) is 13.4. The Balaban J connectivity index is 1.94. The molecule has 0 saturated carbocycles. The number of hydrogen-bond donors (Lipinski definition) is 1. The third-order valence-corrected chi connectivity index (χ3v) is 4.61. The van der Waals surface area contributed by atoms with Crippen molar-refractivity contribution in [2.75, 3.05) is 26.2 Å². The number of carbonyl (C=O) groups is 1. The standard InChI is InChI=1S/C16H23ClN2O2/c1-3-15(16(20)21)19-10-8-18(9-11-19)12(2)13-4-6-14(17)7-5-13/h4-7,12,15H,3,8-11H2,1-2H3,(H,20,21)/t12-,15-/m1/s1. The van der Waals surface area contributed by atoms with Crippen LogP contribution in [0.5, 0.6) is 0 Å². The van der Waals surface area contributed by atoms with Crippen LogP contribution in [0.15, 0.2) is 24.3 Å². The van der Waals surface area contributed by atoms with Gasteiger partial charge in [0.25, 0.3) is 0 Å². The van der Waals surface area contributed by atoms with Crippen LogP contribution in [0, 0.1) is 0 Å². The second-order valence-corrected chi connectivity index (χ2v) is 6.00. The summed E-state index contributed by atoms with van der Waals surface area (Å²) in [6.45, 7) is 7.53. The predicted octanol–water partition coefficient (Wildman–Crippen LogP) is 2.88. The lowest BCUT2D eigenvalue weighted by Crippen LogP contribution is -2.52. The maximum atomic E-state index is 11.2. The van der Waals surface area contributed by atoms with Crippen molar-refractivity contribution < 1.29 is 9.90 Å². The Kier molecular flexibility index (Phi) is 5.62. The molecule has 2 rings (SSSR count). The number of aliphatic carboxylic acids is 1. The summed E-state index contributed by atoms with van der Waals surface area (Å²) in [5, 5.41) is 9.99. The topological polar surface area (TPSA) is 43.8 Å². The van der Waals surface area contributed by atoms with E-state index < -0.39 is 5.97 Å². The van der Waals surface area contributed by atoms with Gasteiger partial charge in [-0.15, -0.1) is 0 Å². The molecule has 1 fully saturated rings. The zero-order valence-electron chi connectivity index (χ0n) is 12.6. The lowest BCUT2D eigenvalue weighted by Gasteiger charge is -2.40. The molecule has 2 atom stereocenters. The first-order valence-corrected chi connectivity index (χ1v) is 7.87. The summed E-state index contributed by atoms with van der Waals surface area (Å²) in [5.41, 5.74) is 1.25. The van der Waals surface area contributed by atoms with Crippen LogP contribution in [0.4, 0.5) is 0 Å². The third kappa shape index (κ3) is 3.96. The smallest absolute Gasteiger partial charge is 0.320 e. The number of halogens is 1. The van der Waals surface area contributed by atoms with Gasteiger partial charge in [0.05, 0.1) is 0 Å². The lowest BCUT2D eigenvalue weighted by atomic mass is 10.1. The normalized spacial score (nSPS) is 20.1. The molecule has 116 valence electrons. The van der Waals surface area contributed by atoms with Crippen LogP contribution in [0.2, 0.25) is 5.02 Å². The molecule has 1 aromatic carbocycles. The van der Waals surface area contributed by atoms with Crippen LogP contribution < -0.4 is 0 Å². The number of carboxylic acids is 1. The van der Waals surface area contributed by atoms with E-state index in [0.717, 1.165) is 31.2 Å². The summed E-state index contributed by atoms with van der Waals surface area (Å²) in [5.74, 6) is -0.711. The molecule has 0 aliphatic carbocycles. The molecule has 1 N–H and O–H groups in total. The van der Waals surface area contributed by atoms with Gasteiger partial charge in [-0.2, -0.15) is 0 Å². The second-order valence-electron chi connectivity index (χ2n) is 5.56. The summed E-state index contributed by atoms with van der Waals surface area (Å²) < 4.78 is 0. The highest BCUT2D eigenvalue weighted by Gasteiger charge is 2.29. The first-order chi connectivity index (χ1) is 10.0. The minimum Gasteiger partial charge on any atom is -0.480 e. The second kappa shape index (κ2) is 7.25. The molecule has 0 radical (unpaired) electrons. The van der Waals surface area contributed by atoms with Crippen molar-refractivity contribution in [3.05, 3.63) is 34.9 Å². The number of carboxylic acid groups (broad SMARTS) is 1. The number of rotatable bonds is 5. The Morgan fingerprint density at radius 2 is 1.71 bits per heavy atom. The highest BCUT2D eigenvalue weighted by molar-refractivity contribution is 6.30. The van der Waals surface area contributed by atoms with Crippen molar-refractivity contribution in [3.8, 4) is 0 Å². The quantitative estimate of drug-likeness (QED) is 0.908. The molecule has 0 unspecified atom stereocenters. The molecule has 1 aliphatic rings. The summed E-state index contributed by atoms with van der Waals surface area (Å²) in [6, 6.07) is 7.94. The van der Waals surface area contributed by atoms with E-state index in [9.17, 15) is 9.90 Å². The van der Waals surface area contributed by atoms with Crippen molar-refractivity contribution in [2.24, 2.45) is 0 Å². The molecule has 0 spiro atoms. The Hall–Kier alpha value is -1.10. The minimum absolute atomic E-state index is 0.328. The van der Waals surface area contributed by atoms with E-state index in [-0.39, 0.29) is 6.04 Å². The van der Waals surface area contributed by atoms with E-state index in [1.807, 2.05) is 19.1 Å². The summed E-state index contributed by atoms with van der Waals surface area (Å²) in [7, 11) is 0. The highest BCUT2D eigenvalue weighted by Crippen LogP contribution is 2.23. The Morgan fingerprint density at radius 1 is 1.19 bits per heavy atom. The molecule has 1 heterocycles. The zero-order chi connectivity index (χ0) is 15.4. The van der Waals surface area contributed by atoms with E-state index in [2.05, 4.69) is 28.9 Å². The van der Waals surface area contributed by atoms with Crippen molar-refractivity contribution in [1.82, 2.24) is 9.80 Å². The maximum Gasteiger partial charge on any atom is 0.320 e. The molecule has 5 heteroatoms. The number of benzene rings is 1. The predicted molar refractivity (Wildman–Crippen MR) is 84.7 cm³/mol. The maximum absolute atomic E-state index is 11.2. The van der Waals surface area contributed by atoms with E-state index >= 15 is 0 Å². The van der Waals surface area contributed by atoms with E-state index in [0.29, 0.717) is 12.5 Å². The Labute approximate surface area is 131 Å². The average molecular weight is 311 g/mol. The molecule has 0 aromatic heterocycles. The first kappa shape index (κ1) is 16.3. The van der Waals surface area contributed by atoms with E-state index in [1.165, 1.54) is 5.56 Å². The monoisotopic (exact) mass is 310 g/mol. The first-order valence-electron chi connectivity index (χ1n) is 7.49. The molecular weight excluding hydrogens is 288 g/mol. The van der Waals surface area contributed by atoms with Gasteiger partial charge in [-0.05, 0) is 31.0 Å². The summed E-state index contributed by atoms with van der Waals surface area (Å²) >= 11 is 5.93. The van der Waals surface area contributed by atoms with Gasteiger partial charge in [-0.3, -0.25) is 14.6 Å². The minimum atomic E-state index is -0.711. The summed E-state index contributed by atoms with van der Waals surface area (Å²) in [6.07, 6.45) is 0.655. The Bertz CT molecular complexity index is 470. The highest BCUT2D eigenvalue weighted by atomic mass is 35.5. The number of nitrogens with zero attached hydrogens (tertiary/aromatic N) is 2. The van der Waals surface area contributed by atoms with Crippen molar-refractivity contribution in [2.45, 2.75) is 32.4 Å². The van der Waals surface area contributed by atoms with Gasteiger partial charge in [0, 0.05) is 37.2 Å². The fourth-order valence-electron chi connectivity index (χ4n) is 2.98. The molecule has 1 saturated heterocycles. The molecule has 1 aromatic rings. The molecule has 0 bridgehead atoms. The average Bonchev–Trinajstić information content (AvgIpc) is 2.48. The van der Waals surface area contributed by atoms with Crippen molar-refractivity contribution >= 4 is 17.6 Å². The van der Waals surface area contributed by atoms with Gasteiger partial charge in [0.2, 0.25) is 0 Å². The van der Waals surface area contributed by atoms with Crippen molar-refractivity contribution in [3.63, 3.8) is 0 Å². The largest absolute Gasteiger partial charge is 0.480 e. The van der Waals surface area contributed by atoms with E-state index in [4.69, 9.17) is 11.6 Å². The van der Waals surface area contributed by atoms with Gasteiger partial charge in [0.1, 0.15) is 6.04 Å². The summed E-state index contributed by atoms with van der Waals surface area (Å²) in [4.78, 5) is 15.7. The van der Waals surface area contributed by atoms with Crippen LogP contribution in [-0.2, 0) is 4.79 Å². The van der Waals surface area contributed by atoms with Gasteiger partial charge in [-0.1, -0.05) is 30.7 Å². The van der Waals surface area contributed by atoms with Gasteiger partial charge < -0.3 is 5.11 Å². The van der Waals surface area contributed by atoms with Crippen LogP contribution in [-0.4, -0.2) is 53.1 Å². The number of hydrogen-bond acceptors (Lipinski definition) is 3. The Morgan fingerprint density at radius 3 is 2.19 bits per heavy atom. The molecular formula is C16H23ClN2O2. The van der Waals surface area contributed by atoms with Gasteiger partial charge in [-0.25, -0.2) is 0 Å². The molecule has 1 aliphatic heterocycles. The van der Waals surface area contributed by atoms with Crippen LogP contribution in [0.1, 0.15) is 31.9 Å². The van der Waals surface area contributed by atoms with Crippen LogP contribution in [0.3, 0.4) is 0 Å². The molecule has 21 heavy (non-hydrogen) atoms. The lowest BCUT2D eigenvalue weighted by molar-refractivity contribution is -0.144. The fourth-order valence-corrected chi connectivity index (χ4v) is 3.10. The van der Waals surface area contributed by atoms with Gasteiger partial charge >= 0.3 is 5.97 Å². The SMILES string of the molecule is CC[C@H](C(=O)O)N1CCN([C@H](C)c2ccc(Cl)cc2)CC1. The third-order valence-electron chi connectivity index (χ3n) is 4.36. The molecule has 4 nitrogen and oxygen atoms in total.